The Morgan fingerprint density at radius 2 is 1.19 bits per heavy atom. The van der Waals surface area contributed by atoms with Crippen LogP contribution in [0.25, 0.3) is 11.1 Å². The molecule has 0 aliphatic carbocycles. The zero-order chi connectivity index (χ0) is 11.4. The molecule has 0 radical (unpaired) electrons. The third-order valence-corrected chi connectivity index (χ3v) is 2.40. The van der Waals surface area contributed by atoms with Gasteiger partial charge in [-0.3, -0.25) is 0 Å². The Balaban J connectivity index is 2.36. The second-order valence-electron chi connectivity index (χ2n) is 3.41. The van der Waals surface area contributed by atoms with E-state index in [1.807, 2.05) is 48.5 Å². The lowest BCUT2D eigenvalue weighted by Gasteiger charge is -2.01. The minimum absolute atomic E-state index is 0.670. The maximum absolute atomic E-state index is 8.70. The second-order valence-corrected chi connectivity index (χ2v) is 3.41. The van der Waals surface area contributed by atoms with E-state index in [0.717, 1.165) is 16.7 Å². The fourth-order valence-corrected chi connectivity index (χ4v) is 1.50. The molecule has 0 amide bonds. The van der Waals surface area contributed by atoms with Crippen molar-refractivity contribution in [2.45, 2.75) is 0 Å². The van der Waals surface area contributed by atoms with E-state index >= 15 is 0 Å². The fourth-order valence-electron chi connectivity index (χ4n) is 1.50. The average molecular weight is 203 g/mol. The number of terminal acetylenes is 1. The lowest BCUT2D eigenvalue weighted by atomic mass is 10.0. The highest BCUT2D eigenvalue weighted by atomic mass is 14.2. The maximum Gasteiger partial charge on any atom is 0.0991 e. The summed E-state index contributed by atoms with van der Waals surface area (Å²) >= 11 is 0. The van der Waals surface area contributed by atoms with Gasteiger partial charge in [0, 0.05) is 5.56 Å². The van der Waals surface area contributed by atoms with E-state index in [2.05, 4.69) is 12.0 Å². The zero-order valence-electron chi connectivity index (χ0n) is 8.64. The minimum atomic E-state index is 0.670. The highest BCUT2D eigenvalue weighted by Gasteiger charge is 1.97. The summed E-state index contributed by atoms with van der Waals surface area (Å²) < 4.78 is 0. The molecule has 74 valence electrons. The van der Waals surface area contributed by atoms with Crippen LogP contribution >= 0.6 is 0 Å². The molecule has 0 fully saturated rings. The topological polar surface area (TPSA) is 23.8 Å². The van der Waals surface area contributed by atoms with Gasteiger partial charge in [-0.05, 0) is 35.4 Å². The molecule has 0 saturated heterocycles. The van der Waals surface area contributed by atoms with Crippen LogP contribution < -0.4 is 0 Å². The van der Waals surface area contributed by atoms with Crippen LogP contribution in [0, 0.1) is 23.7 Å². The monoisotopic (exact) mass is 203 g/mol. The molecule has 0 atom stereocenters. The van der Waals surface area contributed by atoms with Crippen LogP contribution in [0.2, 0.25) is 0 Å². The number of nitrogens with zero attached hydrogens (tertiary/aromatic N) is 1. The molecule has 1 heteroatoms. The Morgan fingerprint density at radius 1 is 0.750 bits per heavy atom. The highest BCUT2D eigenvalue weighted by molar-refractivity contribution is 5.65. The molecule has 0 bridgehead atoms. The predicted molar refractivity (Wildman–Crippen MR) is 64.5 cm³/mol. The van der Waals surface area contributed by atoms with Crippen molar-refractivity contribution in [3.63, 3.8) is 0 Å². The Morgan fingerprint density at radius 3 is 1.56 bits per heavy atom. The average Bonchev–Trinajstić information content (AvgIpc) is 2.39. The van der Waals surface area contributed by atoms with E-state index < -0.39 is 0 Å². The van der Waals surface area contributed by atoms with Crippen molar-refractivity contribution >= 4 is 0 Å². The summed E-state index contributed by atoms with van der Waals surface area (Å²) in [5.41, 5.74) is 3.73. The molecule has 2 aromatic rings. The molecule has 0 spiro atoms. The van der Waals surface area contributed by atoms with Gasteiger partial charge in [0.25, 0.3) is 0 Å². The molecule has 0 aliphatic rings. The molecule has 2 aromatic carbocycles. The van der Waals surface area contributed by atoms with E-state index in [1.54, 1.807) is 0 Å². The van der Waals surface area contributed by atoms with Gasteiger partial charge in [0.15, 0.2) is 0 Å². The molecular weight excluding hydrogens is 194 g/mol. The van der Waals surface area contributed by atoms with E-state index in [4.69, 9.17) is 11.7 Å². The summed E-state index contributed by atoms with van der Waals surface area (Å²) in [7, 11) is 0. The summed E-state index contributed by atoms with van der Waals surface area (Å²) in [6.45, 7) is 0. The van der Waals surface area contributed by atoms with Crippen molar-refractivity contribution < 1.29 is 0 Å². The first-order valence-corrected chi connectivity index (χ1v) is 4.91. The third kappa shape index (κ3) is 1.95. The van der Waals surface area contributed by atoms with Gasteiger partial charge in [-0.2, -0.15) is 5.26 Å². The van der Waals surface area contributed by atoms with E-state index in [-0.39, 0.29) is 0 Å². The minimum Gasteiger partial charge on any atom is -0.192 e. The number of rotatable bonds is 1. The highest BCUT2D eigenvalue weighted by Crippen LogP contribution is 2.19. The normalized spacial score (nSPS) is 9.12. The van der Waals surface area contributed by atoms with Crippen LogP contribution in [0.5, 0.6) is 0 Å². The first kappa shape index (κ1) is 10.0. The van der Waals surface area contributed by atoms with E-state index in [0.29, 0.717) is 5.56 Å². The van der Waals surface area contributed by atoms with E-state index in [1.165, 1.54) is 0 Å². The molecular formula is C15H9N. The summed E-state index contributed by atoms with van der Waals surface area (Å²) in [5.74, 6) is 2.58. The quantitative estimate of drug-likeness (QED) is 0.653. The van der Waals surface area contributed by atoms with Gasteiger partial charge in [-0.1, -0.05) is 30.2 Å². The third-order valence-electron chi connectivity index (χ3n) is 2.40. The molecule has 0 aliphatic heterocycles. The van der Waals surface area contributed by atoms with Crippen molar-refractivity contribution in [3.05, 3.63) is 59.7 Å². The van der Waals surface area contributed by atoms with Gasteiger partial charge in [0.2, 0.25) is 0 Å². The van der Waals surface area contributed by atoms with Crippen LogP contribution in [0.4, 0.5) is 0 Å². The molecule has 1 nitrogen and oxygen atoms in total. The Labute approximate surface area is 95.0 Å². The van der Waals surface area contributed by atoms with Crippen molar-refractivity contribution in [2.75, 3.05) is 0 Å². The van der Waals surface area contributed by atoms with Crippen LogP contribution in [0.15, 0.2) is 48.5 Å². The van der Waals surface area contributed by atoms with E-state index in [9.17, 15) is 0 Å². The van der Waals surface area contributed by atoms with Crippen LogP contribution in [-0.4, -0.2) is 0 Å². The Kier molecular flexibility index (Phi) is 2.72. The first-order valence-electron chi connectivity index (χ1n) is 4.91. The van der Waals surface area contributed by atoms with Crippen LogP contribution in [0.1, 0.15) is 11.1 Å². The summed E-state index contributed by atoms with van der Waals surface area (Å²) in [4.78, 5) is 0. The van der Waals surface area contributed by atoms with Gasteiger partial charge < -0.3 is 0 Å². The SMILES string of the molecule is C#Cc1ccc(-c2ccc(C#N)cc2)cc1. The maximum atomic E-state index is 8.70. The Bertz CT molecular complexity index is 507. The van der Waals surface area contributed by atoms with Crippen molar-refractivity contribution in [2.24, 2.45) is 0 Å². The van der Waals surface area contributed by atoms with Crippen LogP contribution in [0.3, 0.4) is 0 Å². The van der Waals surface area contributed by atoms with Gasteiger partial charge >= 0.3 is 0 Å². The van der Waals surface area contributed by atoms with Crippen molar-refractivity contribution in [1.29, 1.82) is 5.26 Å². The molecule has 16 heavy (non-hydrogen) atoms. The standard InChI is InChI=1S/C15H9N/c1-2-12-3-7-14(8-4-12)15-9-5-13(11-16)6-10-15/h1,3-10H. The predicted octanol–water partition coefficient (Wildman–Crippen LogP) is 3.21. The van der Waals surface area contributed by atoms with Crippen molar-refractivity contribution in [1.82, 2.24) is 0 Å². The molecule has 2 rings (SSSR count). The van der Waals surface area contributed by atoms with Gasteiger partial charge in [-0.15, -0.1) is 6.42 Å². The molecule has 0 aromatic heterocycles. The largest absolute Gasteiger partial charge is 0.192 e. The summed E-state index contributed by atoms with van der Waals surface area (Å²) in [6.07, 6.45) is 5.29. The smallest absolute Gasteiger partial charge is 0.0991 e. The fraction of sp³-hybridized carbons (Fsp3) is 0. The molecule has 0 saturated carbocycles. The molecule has 0 heterocycles. The number of nitriles is 1. The summed E-state index contributed by atoms with van der Waals surface area (Å²) in [6, 6.07) is 17.4. The lowest BCUT2D eigenvalue weighted by molar-refractivity contribution is 1.48. The number of hydrogen-bond acceptors (Lipinski definition) is 1. The number of benzene rings is 2. The second kappa shape index (κ2) is 4.34. The molecule has 0 unspecified atom stereocenters. The number of hydrogen-bond donors (Lipinski definition) is 0. The lowest BCUT2D eigenvalue weighted by Crippen LogP contribution is -1.80. The van der Waals surface area contributed by atoms with Crippen LogP contribution in [-0.2, 0) is 0 Å². The Hall–Kier alpha value is -2.51. The van der Waals surface area contributed by atoms with Gasteiger partial charge in [-0.25, -0.2) is 0 Å². The summed E-state index contributed by atoms with van der Waals surface area (Å²) in [5, 5.41) is 8.70. The molecule has 0 N–H and O–H groups in total. The van der Waals surface area contributed by atoms with Gasteiger partial charge in [0.05, 0.1) is 11.6 Å². The zero-order valence-corrected chi connectivity index (χ0v) is 8.64. The first-order chi connectivity index (χ1) is 7.83. The van der Waals surface area contributed by atoms with Crippen molar-refractivity contribution in [3.8, 4) is 29.5 Å². The van der Waals surface area contributed by atoms with Gasteiger partial charge in [0.1, 0.15) is 0 Å².